The van der Waals surface area contributed by atoms with Crippen molar-refractivity contribution in [3.63, 3.8) is 0 Å². The van der Waals surface area contributed by atoms with Crippen LogP contribution in [0.1, 0.15) is 23.2 Å². The van der Waals surface area contributed by atoms with E-state index in [1.807, 2.05) is 47.4 Å². The first-order valence-electron chi connectivity index (χ1n) is 6.94. The Kier molecular flexibility index (Phi) is 3.42. The van der Waals surface area contributed by atoms with Crippen molar-refractivity contribution in [3.8, 4) is 16.9 Å². The molecule has 1 fully saturated rings. The summed E-state index contributed by atoms with van der Waals surface area (Å²) in [5.41, 5.74) is 2.02. The molecule has 1 saturated heterocycles. The highest BCUT2D eigenvalue weighted by Crippen LogP contribution is 2.33. The summed E-state index contributed by atoms with van der Waals surface area (Å²) in [5, 5.41) is 10.4. The molecule has 0 aliphatic carbocycles. The standard InChI is InChI=1S/C17H17NO2/c19-16-14(13-7-2-1-3-8-13)9-6-10-15(16)17(20)18-11-4-5-12-18/h1-3,6-10,19H,4-5,11-12H2. The predicted octanol–water partition coefficient (Wildman–Crippen LogP) is 3.30. The van der Waals surface area contributed by atoms with E-state index in [1.54, 1.807) is 6.07 Å². The van der Waals surface area contributed by atoms with Gasteiger partial charge in [0.25, 0.3) is 5.91 Å². The lowest BCUT2D eigenvalue weighted by atomic mass is 10.0. The van der Waals surface area contributed by atoms with E-state index < -0.39 is 0 Å². The number of likely N-dealkylation sites (tertiary alicyclic amines) is 1. The second kappa shape index (κ2) is 5.37. The smallest absolute Gasteiger partial charge is 0.257 e. The summed E-state index contributed by atoms with van der Waals surface area (Å²) in [6.07, 6.45) is 2.09. The first kappa shape index (κ1) is 12.7. The van der Waals surface area contributed by atoms with Crippen LogP contribution in [0.4, 0.5) is 0 Å². The molecule has 2 aromatic carbocycles. The zero-order valence-electron chi connectivity index (χ0n) is 11.2. The normalized spacial score (nSPS) is 14.5. The van der Waals surface area contributed by atoms with E-state index in [0.29, 0.717) is 11.1 Å². The molecule has 1 heterocycles. The van der Waals surface area contributed by atoms with Crippen molar-refractivity contribution < 1.29 is 9.90 Å². The lowest BCUT2D eigenvalue weighted by Crippen LogP contribution is -2.27. The van der Waals surface area contributed by atoms with Gasteiger partial charge in [0.2, 0.25) is 0 Å². The number of carbonyl (C=O) groups excluding carboxylic acids is 1. The minimum Gasteiger partial charge on any atom is -0.506 e. The number of hydrogen-bond acceptors (Lipinski definition) is 2. The number of aromatic hydroxyl groups is 1. The third-order valence-electron chi connectivity index (χ3n) is 3.74. The van der Waals surface area contributed by atoms with Gasteiger partial charge in [-0.15, -0.1) is 0 Å². The number of benzene rings is 2. The molecule has 1 N–H and O–H groups in total. The Morgan fingerprint density at radius 3 is 2.35 bits per heavy atom. The van der Waals surface area contributed by atoms with Gasteiger partial charge in [-0.1, -0.05) is 42.5 Å². The van der Waals surface area contributed by atoms with Crippen LogP contribution in [0.2, 0.25) is 0 Å². The first-order chi connectivity index (χ1) is 9.77. The van der Waals surface area contributed by atoms with Crippen molar-refractivity contribution in [1.82, 2.24) is 4.90 Å². The second-order valence-electron chi connectivity index (χ2n) is 5.07. The summed E-state index contributed by atoms with van der Waals surface area (Å²) in [7, 11) is 0. The predicted molar refractivity (Wildman–Crippen MR) is 78.7 cm³/mol. The average molecular weight is 267 g/mol. The molecule has 3 rings (SSSR count). The van der Waals surface area contributed by atoms with E-state index >= 15 is 0 Å². The number of phenolic OH excluding ortho intramolecular Hbond substituents is 1. The number of nitrogens with zero attached hydrogens (tertiary/aromatic N) is 1. The zero-order chi connectivity index (χ0) is 13.9. The molecule has 0 aromatic heterocycles. The summed E-state index contributed by atoms with van der Waals surface area (Å²) < 4.78 is 0. The molecule has 20 heavy (non-hydrogen) atoms. The SMILES string of the molecule is O=C(c1cccc(-c2ccccc2)c1O)N1CCCC1. The van der Waals surface area contributed by atoms with Gasteiger partial charge in [0.05, 0.1) is 5.56 Å². The summed E-state index contributed by atoms with van der Waals surface area (Å²) >= 11 is 0. The Balaban J connectivity index is 1.99. The van der Waals surface area contributed by atoms with E-state index in [9.17, 15) is 9.90 Å². The van der Waals surface area contributed by atoms with Gasteiger partial charge in [-0.05, 0) is 24.5 Å². The minimum atomic E-state index is -0.0715. The summed E-state index contributed by atoms with van der Waals surface area (Å²) in [6.45, 7) is 1.57. The Morgan fingerprint density at radius 1 is 0.950 bits per heavy atom. The van der Waals surface area contributed by atoms with Gasteiger partial charge < -0.3 is 10.0 Å². The van der Waals surface area contributed by atoms with Crippen LogP contribution < -0.4 is 0 Å². The highest BCUT2D eigenvalue weighted by atomic mass is 16.3. The molecule has 0 radical (unpaired) electrons. The number of para-hydroxylation sites is 1. The largest absolute Gasteiger partial charge is 0.506 e. The van der Waals surface area contributed by atoms with E-state index in [1.165, 1.54) is 0 Å². The molecule has 102 valence electrons. The van der Waals surface area contributed by atoms with Gasteiger partial charge in [-0.25, -0.2) is 0 Å². The lowest BCUT2D eigenvalue weighted by Gasteiger charge is -2.17. The average Bonchev–Trinajstić information content (AvgIpc) is 3.02. The Morgan fingerprint density at radius 2 is 1.65 bits per heavy atom. The molecule has 0 saturated carbocycles. The minimum absolute atomic E-state index is 0.0715. The van der Waals surface area contributed by atoms with Crippen LogP contribution in [0.25, 0.3) is 11.1 Å². The van der Waals surface area contributed by atoms with Crippen molar-refractivity contribution in [2.24, 2.45) is 0 Å². The lowest BCUT2D eigenvalue weighted by molar-refractivity contribution is 0.0790. The topological polar surface area (TPSA) is 40.5 Å². The van der Waals surface area contributed by atoms with Crippen LogP contribution in [-0.2, 0) is 0 Å². The van der Waals surface area contributed by atoms with Gasteiger partial charge in [-0.3, -0.25) is 4.79 Å². The van der Waals surface area contributed by atoms with Gasteiger partial charge >= 0.3 is 0 Å². The maximum atomic E-state index is 12.4. The van der Waals surface area contributed by atoms with E-state index in [4.69, 9.17) is 0 Å². The van der Waals surface area contributed by atoms with Crippen molar-refractivity contribution in [1.29, 1.82) is 0 Å². The molecule has 1 amide bonds. The van der Waals surface area contributed by atoms with Gasteiger partial charge in [0.15, 0.2) is 0 Å². The molecule has 0 spiro atoms. The molecule has 3 nitrogen and oxygen atoms in total. The monoisotopic (exact) mass is 267 g/mol. The zero-order valence-corrected chi connectivity index (χ0v) is 11.2. The fraction of sp³-hybridized carbons (Fsp3) is 0.235. The van der Waals surface area contributed by atoms with E-state index in [0.717, 1.165) is 31.5 Å². The molecule has 0 atom stereocenters. The Bertz CT molecular complexity index is 616. The molecular formula is C17H17NO2. The third kappa shape index (κ3) is 2.27. The summed E-state index contributed by atoms with van der Waals surface area (Å²) in [4.78, 5) is 14.2. The van der Waals surface area contributed by atoms with Crippen molar-refractivity contribution in [3.05, 3.63) is 54.1 Å². The van der Waals surface area contributed by atoms with Crippen molar-refractivity contribution >= 4 is 5.91 Å². The summed E-state index contributed by atoms with van der Waals surface area (Å²) in [5.74, 6) is 0.00776. The van der Waals surface area contributed by atoms with Crippen LogP contribution in [0.15, 0.2) is 48.5 Å². The first-order valence-corrected chi connectivity index (χ1v) is 6.94. The number of amides is 1. The Labute approximate surface area is 118 Å². The molecule has 3 heteroatoms. The molecule has 1 aliphatic heterocycles. The Hall–Kier alpha value is -2.29. The van der Waals surface area contributed by atoms with Gasteiger partial charge in [-0.2, -0.15) is 0 Å². The molecular weight excluding hydrogens is 250 g/mol. The highest BCUT2D eigenvalue weighted by molar-refractivity contribution is 5.99. The fourth-order valence-electron chi connectivity index (χ4n) is 2.66. The number of rotatable bonds is 2. The number of carbonyl (C=O) groups is 1. The van der Waals surface area contributed by atoms with E-state index in [2.05, 4.69) is 0 Å². The van der Waals surface area contributed by atoms with E-state index in [-0.39, 0.29) is 11.7 Å². The van der Waals surface area contributed by atoms with Crippen LogP contribution in [0.5, 0.6) is 5.75 Å². The van der Waals surface area contributed by atoms with Gasteiger partial charge in [0.1, 0.15) is 5.75 Å². The number of phenols is 1. The van der Waals surface area contributed by atoms with Crippen LogP contribution in [-0.4, -0.2) is 29.0 Å². The molecule has 2 aromatic rings. The molecule has 0 unspecified atom stereocenters. The maximum absolute atomic E-state index is 12.4. The fourth-order valence-corrected chi connectivity index (χ4v) is 2.66. The van der Waals surface area contributed by atoms with Crippen LogP contribution in [0, 0.1) is 0 Å². The van der Waals surface area contributed by atoms with Crippen molar-refractivity contribution in [2.45, 2.75) is 12.8 Å². The highest BCUT2D eigenvalue weighted by Gasteiger charge is 2.23. The van der Waals surface area contributed by atoms with Crippen LogP contribution in [0.3, 0.4) is 0 Å². The van der Waals surface area contributed by atoms with Crippen molar-refractivity contribution in [2.75, 3.05) is 13.1 Å². The molecule has 1 aliphatic rings. The van der Waals surface area contributed by atoms with Crippen LogP contribution >= 0.6 is 0 Å². The number of hydrogen-bond donors (Lipinski definition) is 1. The third-order valence-corrected chi connectivity index (χ3v) is 3.74. The van der Waals surface area contributed by atoms with Gasteiger partial charge in [0, 0.05) is 18.7 Å². The molecule has 0 bridgehead atoms. The maximum Gasteiger partial charge on any atom is 0.257 e. The second-order valence-corrected chi connectivity index (χ2v) is 5.07. The summed E-state index contributed by atoms with van der Waals surface area (Å²) in [6, 6.07) is 15.0. The quantitative estimate of drug-likeness (QED) is 0.907.